The van der Waals surface area contributed by atoms with Crippen molar-refractivity contribution in [2.75, 3.05) is 13.1 Å². The highest BCUT2D eigenvalue weighted by atomic mass is 32.1. The molecule has 0 bridgehead atoms. The largest absolute Gasteiger partial charge is 0.345 e. The van der Waals surface area contributed by atoms with Crippen LogP contribution in [0, 0.1) is 45.0 Å². The average Bonchev–Trinajstić information content (AvgIpc) is 3.29. The summed E-state index contributed by atoms with van der Waals surface area (Å²) in [6.45, 7) is 6.59. The van der Waals surface area contributed by atoms with Gasteiger partial charge in [-0.05, 0) is 38.5 Å². The number of rotatable bonds is 4. The molecule has 1 aliphatic heterocycles. The van der Waals surface area contributed by atoms with Crippen molar-refractivity contribution in [3.05, 3.63) is 63.0 Å². The SMILES string of the molecule is C#CCNC(=O)C[C@@H]1N=C(c2ccc(C#CCN)cc2)c2c(sc(C)c2C)-n2c(C)nnc21. The van der Waals surface area contributed by atoms with Gasteiger partial charge in [0.1, 0.15) is 16.9 Å². The lowest BCUT2D eigenvalue weighted by Gasteiger charge is -2.12. The summed E-state index contributed by atoms with van der Waals surface area (Å²) >= 11 is 1.68. The molecule has 0 unspecified atom stereocenters. The summed E-state index contributed by atoms with van der Waals surface area (Å²) in [6, 6.07) is 7.42. The molecule has 0 saturated carbocycles. The van der Waals surface area contributed by atoms with E-state index in [4.69, 9.17) is 17.1 Å². The normalized spacial score (nSPS) is 14.2. The number of carbonyl (C=O) groups is 1. The minimum Gasteiger partial charge on any atom is -0.345 e. The van der Waals surface area contributed by atoms with Gasteiger partial charge >= 0.3 is 0 Å². The molecule has 7 nitrogen and oxygen atoms in total. The molecule has 0 aliphatic carbocycles. The molecule has 166 valence electrons. The fraction of sp³-hybridized carbons (Fsp3) is 0.280. The van der Waals surface area contributed by atoms with E-state index in [1.807, 2.05) is 35.8 Å². The molecule has 2 aromatic heterocycles. The monoisotopic (exact) mass is 456 g/mol. The Hall–Kier alpha value is -3.72. The van der Waals surface area contributed by atoms with Crippen LogP contribution in [0.3, 0.4) is 0 Å². The molecule has 1 amide bonds. The Labute approximate surface area is 197 Å². The zero-order chi connectivity index (χ0) is 23.5. The van der Waals surface area contributed by atoms with E-state index in [-0.39, 0.29) is 18.9 Å². The van der Waals surface area contributed by atoms with Crippen LogP contribution in [-0.2, 0) is 4.79 Å². The molecule has 0 spiro atoms. The third-order valence-corrected chi connectivity index (χ3v) is 6.69. The Morgan fingerprint density at radius 2 is 2.00 bits per heavy atom. The van der Waals surface area contributed by atoms with Crippen LogP contribution in [0.15, 0.2) is 29.3 Å². The Morgan fingerprint density at radius 3 is 2.70 bits per heavy atom. The molecule has 33 heavy (non-hydrogen) atoms. The maximum Gasteiger partial charge on any atom is 0.223 e. The molecule has 3 heterocycles. The number of aromatic nitrogens is 3. The molecular formula is C25H24N6OS. The quantitative estimate of drug-likeness (QED) is 0.590. The summed E-state index contributed by atoms with van der Waals surface area (Å²) in [5.74, 6) is 9.57. The standard InChI is InChI=1S/C25H24N6OS/c1-5-13-27-21(32)14-20-24-30-29-17(4)31(24)25-22(15(2)16(3)33-25)23(28-20)19-10-8-18(9-11-19)7-6-12-26/h1,8-11,20H,12-14,26H2,2-4H3,(H,27,32)/t20-/m0/s1. The number of aliphatic imine (C=N–C) groups is 1. The molecule has 1 atom stereocenters. The lowest BCUT2D eigenvalue weighted by molar-refractivity contribution is -0.121. The number of nitrogens with two attached hydrogens (primary N) is 1. The number of amides is 1. The van der Waals surface area contributed by atoms with E-state index < -0.39 is 6.04 Å². The van der Waals surface area contributed by atoms with E-state index in [1.165, 1.54) is 4.88 Å². The Balaban J connectivity index is 1.88. The van der Waals surface area contributed by atoms with Crippen LogP contribution in [0.4, 0.5) is 0 Å². The molecule has 8 heteroatoms. The topological polar surface area (TPSA) is 98.2 Å². The number of nitrogens with zero attached hydrogens (tertiary/aromatic N) is 4. The lowest BCUT2D eigenvalue weighted by Crippen LogP contribution is -2.25. The summed E-state index contributed by atoms with van der Waals surface area (Å²) in [4.78, 5) is 18.8. The van der Waals surface area contributed by atoms with Crippen molar-refractivity contribution in [3.8, 4) is 29.2 Å². The van der Waals surface area contributed by atoms with Crippen molar-refractivity contribution >= 4 is 23.0 Å². The highest BCUT2D eigenvalue weighted by Crippen LogP contribution is 2.39. The van der Waals surface area contributed by atoms with Crippen molar-refractivity contribution in [2.45, 2.75) is 33.2 Å². The maximum atomic E-state index is 12.6. The number of hydrogen-bond donors (Lipinski definition) is 2. The fourth-order valence-electron chi connectivity index (χ4n) is 3.79. The van der Waals surface area contributed by atoms with E-state index in [0.29, 0.717) is 12.4 Å². The zero-order valence-electron chi connectivity index (χ0n) is 18.8. The molecule has 0 saturated heterocycles. The van der Waals surface area contributed by atoms with E-state index in [0.717, 1.165) is 38.8 Å². The Bertz CT molecular complexity index is 1340. The van der Waals surface area contributed by atoms with Crippen LogP contribution in [-0.4, -0.2) is 39.5 Å². The minimum atomic E-state index is -0.505. The van der Waals surface area contributed by atoms with Gasteiger partial charge in [-0.25, -0.2) is 0 Å². The first-order chi connectivity index (χ1) is 15.9. The molecule has 1 aromatic carbocycles. The first kappa shape index (κ1) is 22.5. The van der Waals surface area contributed by atoms with Crippen molar-refractivity contribution < 1.29 is 4.79 Å². The number of hydrogen-bond acceptors (Lipinski definition) is 6. The molecule has 0 fully saturated rings. The molecule has 0 radical (unpaired) electrons. The second-order valence-electron chi connectivity index (χ2n) is 7.67. The van der Waals surface area contributed by atoms with E-state index in [2.05, 4.69) is 47.1 Å². The number of terminal acetylenes is 1. The van der Waals surface area contributed by atoms with Gasteiger partial charge in [0.05, 0.1) is 25.2 Å². The van der Waals surface area contributed by atoms with Crippen molar-refractivity contribution in [1.82, 2.24) is 20.1 Å². The van der Waals surface area contributed by atoms with Crippen LogP contribution in [0.5, 0.6) is 0 Å². The van der Waals surface area contributed by atoms with Gasteiger partial charge in [0.2, 0.25) is 5.91 Å². The molecular weight excluding hydrogens is 432 g/mol. The summed E-state index contributed by atoms with van der Waals surface area (Å²) in [6.07, 6.45) is 5.42. The molecule has 3 aromatic rings. The second kappa shape index (κ2) is 9.41. The van der Waals surface area contributed by atoms with Crippen LogP contribution < -0.4 is 11.1 Å². The van der Waals surface area contributed by atoms with Gasteiger partial charge in [-0.1, -0.05) is 29.9 Å². The first-order valence-electron chi connectivity index (χ1n) is 10.5. The summed E-state index contributed by atoms with van der Waals surface area (Å²) < 4.78 is 2.02. The number of carbonyl (C=O) groups excluding carboxylic acids is 1. The van der Waals surface area contributed by atoms with Gasteiger partial charge < -0.3 is 11.1 Å². The van der Waals surface area contributed by atoms with Crippen molar-refractivity contribution in [2.24, 2.45) is 10.7 Å². The molecule has 3 N–H and O–H groups in total. The van der Waals surface area contributed by atoms with Gasteiger partial charge in [0.25, 0.3) is 0 Å². The predicted molar refractivity (Wildman–Crippen MR) is 131 cm³/mol. The zero-order valence-corrected chi connectivity index (χ0v) is 19.6. The van der Waals surface area contributed by atoms with Gasteiger partial charge in [0, 0.05) is 21.6 Å². The molecule has 4 rings (SSSR count). The average molecular weight is 457 g/mol. The van der Waals surface area contributed by atoms with Gasteiger partial charge in [0.15, 0.2) is 5.82 Å². The highest BCUT2D eigenvalue weighted by molar-refractivity contribution is 7.15. The van der Waals surface area contributed by atoms with Crippen LogP contribution in [0.1, 0.15) is 51.2 Å². The second-order valence-corrected chi connectivity index (χ2v) is 8.87. The number of nitrogens with one attached hydrogen (secondary N) is 1. The Kier molecular flexibility index (Phi) is 6.41. The number of aryl methyl sites for hydroxylation is 2. The number of thiophene rings is 1. The number of fused-ring (bicyclic) bond motifs is 3. The van der Waals surface area contributed by atoms with Gasteiger partial charge in [-0.15, -0.1) is 28.0 Å². The summed E-state index contributed by atoms with van der Waals surface area (Å²) in [5, 5.41) is 12.4. The lowest BCUT2D eigenvalue weighted by atomic mass is 9.98. The summed E-state index contributed by atoms with van der Waals surface area (Å²) in [5.41, 5.74) is 10.3. The number of benzene rings is 1. The smallest absolute Gasteiger partial charge is 0.223 e. The fourth-order valence-corrected chi connectivity index (χ4v) is 5.00. The van der Waals surface area contributed by atoms with E-state index >= 15 is 0 Å². The van der Waals surface area contributed by atoms with Gasteiger partial charge in [-0.2, -0.15) is 0 Å². The molecule has 1 aliphatic rings. The van der Waals surface area contributed by atoms with Crippen LogP contribution in [0.25, 0.3) is 5.00 Å². The van der Waals surface area contributed by atoms with E-state index in [1.54, 1.807) is 11.3 Å². The Morgan fingerprint density at radius 1 is 1.24 bits per heavy atom. The first-order valence-corrected chi connectivity index (χ1v) is 11.4. The minimum absolute atomic E-state index is 0.121. The van der Waals surface area contributed by atoms with Crippen molar-refractivity contribution in [1.29, 1.82) is 0 Å². The summed E-state index contributed by atoms with van der Waals surface area (Å²) in [7, 11) is 0. The van der Waals surface area contributed by atoms with E-state index in [9.17, 15) is 4.79 Å². The predicted octanol–water partition coefficient (Wildman–Crippen LogP) is 2.60. The van der Waals surface area contributed by atoms with Crippen LogP contribution >= 0.6 is 11.3 Å². The van der Waals surface area contributed by atoms with Crippen molar-refractivity contribution in [3.63, 3.8) is 0 Å². The maximum absolute atomic E-state index is 12.6. The van der Waals surface area contributed by atoms with Gasteiger partial charge in [-0.3, -0.25) is 14.4 Å². The van der Waals surface area contributed by atoms with Crippen LogP contribution in [0.2, 0.25) is 0 Å². The third-order valence-electron chi connectivity index (χ3n) is 5.50. The highest BCUT2D eigenvalue weighted by Gasteiger charge is 2.32. The third kappa shape index (κ3) is 4.31.